The second-order valence-electron chi connectivity index (χ2n) is 4.81. The molecule has 1 aliphatic rings. The molecule has 0 aromatic carbocycles. The smallest absolute Gasteiger partial charge is 0.252 e. The Hall–Kier alpha value is -1.90. The van der Waals surface area contributed by atoms with Gasteiger partial charge >= 0.3 is 0 Å². The van der Waals surface area contributed by atoms with E-state index < -0.39 is 0 Å². The monoisotopic (exact) mass is 247 g/mol. The summed E-state index contributed by atoms with van der Waals surface area (Å²) in [6.45, 7) is 4.31. The number of nitrogens with zero attached hydrogens (tertiary/aromatic N) is 5. The van der Waals surface area contributed by atoms with Gasteiger partial charge in [0, 0.05) is 12.1 Å². The van der Waals surface area contributed by atoms with Gasteiger partial charge in [-0.1, -0.05) is 0 Å². The zero-order chi connectivity index (χ0) is 13.1. The van der Waals surface area contributed by atoms with E-state index >= 15 is 0 Å². The van der Waals surface area contributed by atoms with Crippen LogP contribution in [0.25, 0.3) is 0 Å². The van der Waals surface area contributed by atoms with Crippen LogP contribution in [0.5, 0.6) is 0 Å². The van der Waals surface area contributed by atoms with Crippen molar-refractivity contribution in [2.45, 2.75) is 51.7 Å². The highest BCUT2D eigenvalue weighted by molar-refractivity contribution is 5.76. The van der Waals surface area contributed by atoms with Crippen LogP contribution in [0.3, 0.4) is 0 Å². The van der Waals surface area contributed by atoms with Gasteiger partial charge in [0.2, 0.25) is 5.91 Å². The number of rotatable bonds is 2. The van der Waals surface area contributed by atoms with Gasteiger partial charge in [-0.25, -0.2) is 9.67 Å². The van der Waals surface area contributed by atoms with Gasteiger partial charge in [-0.3, -0.25) is 4.79 Å². The molecule has 1 amide bonds. The predicted molar refractivity (Wildman–Crippen MR) is 64.4 cm³/mol. The molecule has 0 radical (unpaired) electrons. The minimum absolute atomic E-state index is 0.0455. The lowest BCUT2D eigenvalue weighted by atomic mass is 9.97. The highest BCUT2D eigenvalue weighted by Gasteiger charge is 2.28. The molecule has 1 aliphatic heterocycles. The number of carbonyl (C=O) groups excluding carboxylic acids is 1. The number of amides is 1. The second kappa shape index (κ2) is 5.17. The Morgan fingerprint density at radius 1 is 1.50 bits per heavy atom. The number of nitriles is 1. The molecule has 2 rings (SSSR count). The maximum absolute atomic E-state index is 12.2. The molecule has 1 aromatic rings. The van der Waals surface area contributed by atoms with Crippen molar-refractivity contribution >= 4 is 5.91 Å². The van der Waals surface area contributed by atoms with E-state index in [2.05, 4.69) is 23.9 Å². The van der Waals surface area contributed by atoms with E-state index in [0.29, 0.717) is 0 Å². The van der Waals surface area contributed by atoms with Crippen molar-refractivity contribution in [1.29, 1.82) is 5.26 Å². The number of aromatic nitrogens is 3. The Kier molecular flexibility index (Phi) is 3.60. The molecular formula is C12H17N5O. The van der Waals surface area contributed by atoms with E-state index in [1.807, 2.05) is 11.0 Å². The van der Waals surface area contributed by atoms with E-state index in [1.165, 1.54) is 17.4 Å². The molecule has 0 spiro atoms. The average Bonchev–Trinajstić information content (AvgIpc) is 2.76. The maximum Gasteiger partial charge on any atom is 0.252 e. The third-order valence-electron chi connectivity index (χ3n) is 3.42. The summed E-state index contributed by atoms with van der Waals surface area (Å²) in [6.07, 6.45) is 4.71. The summed E-state index contributed by atoms with van der Waals surface area (Å²) in [7, 11) is 0. The molecule has 0 bridgehead atoms. The molecule has 2 atom stereocenters. The van der Waals surface area contributed by atoms with Crippen LogP contribution >= 0.6 is 0 Å². The van der Waals surface area contributed by atoms with Crippen LogP contribution in [-0.2, 0) is 11.3 Å². The molecule has 0 aliphatic carbocycles. The van der Waals surface area contributed by atoms with Gasteiger partial charge in [0.05, 0.1) is 0 Å². The largest absolute Gasteiger partial charge is 0.336 e. The van der Waals surface area contributed by atoms with Gasteiger partial charge in [0.25, 0.3) is 5.82 Å². The predicted octanol–water partition coefficient (Wildman–Crippen LogP) is 0.939. The highest BCUT2D eigenvalue weighted by Crippen LogP contribution is 2.22. The van der Waals surface area contributed by atoms with E-state index in [4.69, 9.17) is 5.26 Å². The van der Waals surface area contributed by atoms with E-state index in [1.54, 1.807) is 0 Å². The van der Waals surface area contributed by atoms with Gasteiger partial charge in [-0.05, 0) is 33.1 Å². The van der Waals surface area contributed by atoms with Crippen LogP contribution < -0.4 is 0 Å². The first-order chi connectivity index (χ1) is 8.61. The van der Waals surface area contributed by atoms with Crippen molar-refractivity contribution in [1.82, 2.24) is 19.7 Å². The molecule has 1 fully saturated rings. The lowest BCUT2D eigenvalue weighted by Crippen LogP contribution is -2.48. The summed E-state index contributed by atoms with van der Waals surface area (Å²) in [6, 6.07) is 2.41. The lowest BCUT2D eigenvalue weighted by molar-refractivity contribution is -0.138. The van der Waals surface area contributed by atoms with Crippen molar-refractivity contribution in [3.63, 3.8) is 0 Å². The number of hydrogen-bond acceptors (Lipinski definition) is 4. The van der Waals surface area contributed by atoms with Crippen molar-refractivity contribution < 1.29 is 4.79 Å². The fraction of sp³-hybridized carbons (Fsp3) is 0.667. The Morgan fingerprint density at radius 3 is 2.72 bits per heavy atom. The average molecular weight is 247 g/mol. The standard InChI is InChI=1S/C12H17N5O/c1-9-4-3-5-10(2)17(9)12(18)7-16-8-14-11(6-13)15-16/h8-10H,3-5,7H2,1-2H3/t9-,10-/m1/s1. The molecule has 6 heteroatoms. The Morgan fingerprint density at radius 2 is 2.17 bits per heavy atom. The molecular weight excluding hydrogens is 230 g/mol. The van der Waals surface area contributed by atoms with Crippen molar-refractivity contribution in [2.75, 3.05) is 0 Å². The minimum atomic E-state index is 0.0455. The zero-order valence-corrected chi connectivity index (χ0v) is 10.7. The molecule has 0 N–H and O–H groups in total. The fourth-order valence-corrected chi connectivity index (χ4v) is 2.56. The number of piperidine rings is 1. The third kappa shape index (κ3) is 2.50. The van der Waals surface area contributed by atoms with Crippen LogP contribution in [0.1, 0.15) is 38.9 Å². The summed E-state index contributed by atoms with van der Waals surface area (Å²) < 4.78 is 1.43. The highest BCUT2D eigenvalue weighted by atomic mass is 16.2. The van der Waals surface area contributed by atoms with Crippen molar-refractivity contribution in [2.24, 2.45) is 0 Å². The Balaban J connectivity index is 2.04. The zero-order valence-electron chi connectivity index (χ0n) is 10.7. The molecule has 0 unspecified atom stereocenters. The van der Waals surface area contributed by atoms with Gasteiger partial charge in [0.15, 0.2) is 0 Å². The molecule has 2 heterocycles. The van der Waals surface area contributed by atoms with E-state index in [9.17, 15) is 4.79 Å². The van der Waals surface area contributed by atoms with Crippen LogP contribution in [0, 0.1) is 11.3 Å². The van der Waals surface area contributed by atoms with Crippen LogP contribution in [0.2, 0.25) is 0 Å². The number of hydrogen-bond donors (Lipinski definition) is 0. The second-order valence-corrected chi connectivity index (χ2v) is 4.81. The minimum Gasteiger partial charge on any atom is -0.336 e. The first-order valence-electron chi connectivity index (χ1n) is 6.22. The Labute approximate surface area is 106 Å². The third-order valence-corrected chi connectivity index (χ3v) is 3.42. The van der Waals surface area contributed by atoms with Gasteiger partial charge < -0.3 is 4.90 Å². The van der Waals surface area contributed by atoms with Crippen molar-refractivity contribution in [3.05, 3.63) is 12.2 Å². The Bertz CT molecular complexity index is 465. The molecule has 0 saturated carbocycles. The lowest BCUT2D eigenvalue weighted by Gasteiger charge is -2.39. The van der Waals surface area contributed by atoms with Crippen molar-refractivity contribution in [3.8, 4) is 6.07 Å². The summed E-state index contributed by atoms with van der Waals surface area (Å²) in [5.41, 5.74) is 0. The first-order valence-corrected chi connectivity index (χ1v) is 6.22. The fourth-order valence-electron chi connectivity index (χ4n) is 2.56. The van der Waals surface area contributed by atoms with E-state index in [-0.39, 0.29) is 30.4 Å². The van der Waals surface area contributed by atoms with Crippen LogP contribution in [-0.4, -0.2) is 37.7 Å². The SMILES string of the molecule is C[C@@H]1CCC[C@@H](C)N1C(=O)Cn1cnc(C#N)n1. The van der Waals surface area contributed by atoms with E-state index in [0.717, 1.165) is 12.8 Å². The number of carbonyl (C=O) groups is 1. The van der Waals surface area contributed by atoms with Gasteiger partial charge in [-0.2, -0.15) is 5.26 Å². The molecule has 6 nitrogen and oxygen atoms in total. The quantitative estimate of drug-likeness (QED) is 0.779. The summed E-state index contributed by atoms with van der Waals surface area (Å²) in [5, 5.41) is 12.5. The molecule has 96 valence electrons. The van der Waals surface area contributed by atoms with Gasteiger partial charge in [-0.15, -0.1) is 5.10 Å². The molecule has 1 saturated heterocycles. The topological polar surface area (TPSA) is 74.8 Å². The summed E-state index contributed by atoms with van der Waals surface area (Å²) in [5.74, 6) is 0.145. The number of likely N-dealkylation sites (tertiary alicyclic amines) is 1. The van der Waals surface area contributed by atoms with Gasteiger partial charge in [0.1, 0.15) is 18.9 Å². The normalized spacial score (nSPS) is 23.7. The first kappa shape index (κ1) is 12.6. The maximum atomic E-state index is 12.2. The molecule has 18 heavy (non-hydrogen) atoms. The van der Waals surface area contributed by atoms with Crippen LogP contribution in [0.4, 0.5) is 0 Å². The summed E-state index contributed by atoms with van der Waals surface area (Å²) >= 11 is 0. The summed E-state index contributed by atoms with van der Waals surface area (Å²) in [4.78, 5) is 18.0. The van der Waals surface area contributed by atoms with Crippen LogP contribution in [0.15, 0.2) is 6.33 Å². The molecule has 1 aromatic heterocycles.